The number of ether oxygens (including phenoxy) is 2. The van der Waals surface area contributed by atoms with Gasteiger partial charge in [0.2, 0.25) is 5.91 Å². The van der Waals surface area contributed by atoms with E-state index in [-0.39, 0.29) is 37.2 Å². The van der Waals surface area contributed by atoms with Gasteiger partial charge in [0.25, 0.3) is 0 Å². The average molecular weight is 307 g/mol. The topological polar surface area (TPSA) is 67.8 Å². The lowest BCUT2D eigenvalue weighted by Gasteiger charge is -2.40. The Hall–Kier alpha value is -1.43. The third kappa shape index (κ3) is 4.80. The fraction of sp³-hybridized carbons (Fsp3) is 0.588. The van der Waals surface area contributed by atoms with Crippen molar-refractivity contribution in [3.05, 3.63) is 35.9 Å². The van der Waals surface area contributed by atoms with E-state index in [0.717, 1.165) is 5.56 Å². The first kappa shape index (κ1) is 16.9. The molecule has 0 saturated carbocycles. The molecule has 0 aliphatic carbocycles. The van der Waals surface area contributed by atoms with Gasteiger partial charge in [0.05, 0.1) is 31.3 Å². The van der Waals surface area contributed by atoms with Crippen molar-refractivity contribution in [3.8, 4) is 0 Å². The summed E-state index contributed by atoms with van der Waals surface area (Å²) in [4.78, 5) is 12.2. The summed E-state index contributed by atoms with van der Waals surface area (Å²) in [7, 11) is 0. The Balaban J connectivity index is 1.88. The van der Waals surface area contributed by atoms with Crippen LogP contribution in [0.15, 0.2) is 30.3 Å². The van der Waals surface area contributed by atoms with E-state index in [9.17, 15) is 9.90 Å². The molecule has 1 aliphatic rings. The van der Waals surface area contributed by atoms with Crippen LogP contribution in [0.25, 0.3) is 0 Å². The number of carbonyl (C=O) groups excluding carboxylic acids is 1. The summed E-state index contributed by atoms with van der Waals surface area (Å²) in [6, 6.07) is 9.78. The van der Waals surface area contributed by atoms with Crippen LogP contribution < -0.4 is 5.32 Å². The summed E-state index contributed by atoms with van der Waals surface area (Å²) in [5, 5.41) is 12.3. The third-order valence-corrected chi connectivity index (χ3v) is 3.72. The Morgan fingerprint density at radius 2 is 1.95 bits per heavy atom. The number of benzene rings is 1. The van der Waals surface area contributed by atoms with Gasteiger partial charge in [-0.05, 0) is 26.3 Å². The van der Waals surface area contributed by atoms with Gasteiger partial charge in [0.1, 0.15) is 0 Å². The van der Waals surface area contributed by atoms with Crippen molar-refractivity contribution >= 4 is 5.91 Å². The van der Waals surface area contributed by atoms with E-state index < -0.39 is 5.79 Å². The molecule has 5 heteroatoms. The maximum atomic E-state index is 12.2. The highest BCUT2D eigenvalue weighted by atomic mass is 16.7. The first-order chi connectivity index (χ1) is 10.4. The molecule has 0 bridgehead atoms. The van der Waals surface area contributed by atoms with Crippen LogP contribution in [0, 0.1) is 0 Å². The molecule has 1 amide bonds. The number of aliphatic hydroxyl groups is 1. The second kappa shape index (κ2) is 7.22. The summed E-state index contributed by atoms with van der Waals surface area (Å²) >= 11 is 0. The molecule has 1 aromatic rings. The fourth-order valence-electron chi connectivity index (χ4n) is 2.79. The largest absolute Gasteiger partial charge is 0.394 e. The van der Waals surface area contributed by atoms with Gasteiger partial charge in [-0.1, -0.05) is 30.3 Å². The van der Waals surface area contributed by atoms with Gasteiger partial charge in [0, 0.05) is 6.42 Å². The van der Waals surface area contributed by atoms with Crippen LogP contribution in [0.4, 0.5) is 0 Å². The smallest absolute Gasteiger partial charge is 0.223 e. The molecule has 1 aliphatic heterocycles. The molecule has 5 nitrogen and oxygen atoms in total. The Bertz CT molecular complexity index is 489. The molecule has 122 valence electrons. The zero-order chi connectivity index (χ0) is 16.2. The predicted octanol–water partition coefficient (Wildman–Crippen LogP) is 2.16. The summed E-state index contributed by atoms with van der Waals surface area (Å²) in [6.07, 6.45) is 0.255. The lowest BCUT2D eigenvalue weighted by Crippen LogP contribution is -2.47. The van der Waals surface area contributed by atoms with E-state index >= 15 is 0 Å². The number of amides is 1. The Labute approximate surface area is 131 Å². The van der Waals surface area contributed by atoms with Crippen LogP contribution in [0.3, 0.4) is 0 Å². The number of hydrogen-bond acceptors (Lipinski definition) is 4. The van der Waals surface area contributed by atoms with Gasteiger partial charge >= 0.3 is 0 Å². The molecule has 0 spiro atoms. The van der Waals surface area contributed by atoms with Crippen LogP contribution >= 0.6 is 0 Å². The monoisotopic (exact) mass is 307 g/mol. The lowest BCUT2D eigenvalue weighted by molar-refractivity contribution is -0.303. The second-order valence-electron chi connectivity index (χ2n) is 6.20. The normalized spacial score (nSPS) is 25.5. The SMILES string of the molecule is CC(NC(=O)CC1CC(CO)OC(C)(C)O1)c1ccccc1. The van der Waals surface area contributed by atoms with E-state index in [1.807, 2.05) is 37.3 Å². The minimum absolute atomic E-state index is 0.0461. The van der Waals surface area contributed by atoms with Crippen molar-refractivity contribution in [1.82, 2.24) is 5.32 Å². The lowest BCUT2D eigenvalue weighted by atomic mass is 10.0. The van der Waals surface area contributed by atoms with Gasteiger partial charge in [-0.15, -0.1) is 0 Å². The second-order valence-corrected chi connectivity index (χ2v) is 6.20. The summed E-state index contributed by atoms with van der Waals surface area (Å²) in [6.45, 7) is 5.49. The first-order valence-corrected chi connectivity index (χ1v) is 7.70. The van der Waals surface area contributed by atoms with Gasteiger partial charge in [0.15, 0.2) is 5.79 Å². The molecule has 3 atom stereocenters. The fourth-order valence-corrected chi connectivity index (χ4v) is 2.79. The van der Waals surface area contributed by atoms with Crippen LogP contribution in [-0.4, -0.2) is 35.6 Å². The summed E-state index contributed by atoms with van der Waals surface area (Å²) < 4.78 is 11.4. The summed E-state index contributed by atoms with van der Waals surface area (Å²) in [5.41, 5.74) is 1.07. The van der Waals surface area contributed by atoms with Gasteiger partial charge < -0.3 is 19.9 Å². The highest BCUT2D eigenvalue weighted by Crippen LogP contribution is 2.28. The molecule has 1 fully saturated rings. The van der Waals surface area contributed by atoms with Crippen molar-refractivity contribution in [2.75, 3.05) is 6.61 Å². The van der Waals surface area contributed by atoms with E-state index in [1.165, 1.54) is 0 Å². The van der Waals surface area contributed by atoms with Crippen molar-refractivity contribution in [3.63, 3.8) is 0 Å². The molecular formula is C17H25NO4. The standard InChI is InChI=1S/C17H25NO4/c1-12(13-7-5-4-6-8-13)18-16(20)10-14-9-15(11-19)22-17(2,3)21-14/h4-8,12,14-15,19H,9-11H2,1-3H3,(H,18,20). The van der Waals surface area contributed by atoms with Gasteiger partial charge in [-0.2, -0.15) is 0 Å². The van der Waals surface area contributed by atoms with Crippen molar-refractivity contribution < 1.29 is 19.4 Å². The number of carbonyl (C=O) groups is 1. The van der Waals surface area contributed by atoms with E-state index in [1.54, 1.807) is 13.8 Å². The van der Waals surface area contributed by atoms with E-state index in [2.05, 4.69) is 5.32 Å². The average Bonchev–Trinajstić information content (AvgIpc) is 2.46. The zero-order valence-electron chi connectivity index (χ0n) is 13.4. The number of aliphatic hydroxyl groups excluding tert-OH is 1. The molecule has 22 heavy (non-hydrogen) atoms. The molecule has 0 aromatic heterocycles. The molecule has 1 aromatic carbocycles. The highest BCUT2D eigenvalue weighted by Gasteiger charge is 2.36. The molecule has 3 unspecified atom stereocenters. The quantitative estimate of drug-likeness (QED) is 0.875. The Morgan fingerprint density at radius 1 is 1.32 bits per heavy atom. The number of nitrogens with one attached hydrogen (secondary N) is 1. The van der Waals surface area contributed by atoms with Crippen LogP contribution in [-0.2, 0) is 14.3 Å². The third-order valence-electron chi connectivity index (χ3n) is 3.72. The van der Waals surface area contributed by atoms with Crippen LogP contribution in [0.1, 0.15) is 45.2 Å². The molecule has 2 N–H and O–H groups in total. The molecule has 1 heterocycles. The summed E-state index contributed by atoms with van der Waals surface area (Å²) in [5.74, 6) is -0.836. The number of rotatable bonds is 5. The molecule has 1 saturated heterocycles. The molecular weight excluding hydrogens is 282 g/mol. The van der Waals surface area contributed by atoms with Gasteiger partial charge in [-0.3, -0.25) is 4.79 Å². The van der Waals surface area contributed by atoms with Crippen LogP contribution in [0.5, 0.6) is 0 Å². The van der Waals surface area contributed by atoms with E-state index in [0.29, 0.717) is 6.42 Å². The minimum atomic E-state index is -0.776. The maximum Gasteiger partial charge on any atom is 0.223 e. The minimum Gasteiger partial charge on any atom is -0.394 e. The van der Waals surface area contributed by atoms with Gasteiger partial charge in [-0.25, -0.2) is 0 Å². The van der Waals surface area contributed by atoms with Crippen molar-refractivity contribution in [1.29, 1.82) is 0 Å². The zero-order valence-corrected chi connectivity index (χ0v) is 13.4. The number of hydrogen-bond donors (Lipinski definition) is 2. The predicted molar refractivity (Wildman–Crippen MR) is 83.1 cm³/mol. The maximum absolute atomic E-state index is 12.2. The van der Waals surface area contributed by atoms with Crippen LogP contribution in [0.2, 0.25) is 0 Å². The van der Waals surface area contributed by atoms with E-state index in [4.69, 9.17) is 9.47 Å². The Morgan fingerprint density at radius 3 is 2.59 bits per heavy atom. The van der Waals surface area contributed by atoms with Crippen molar-refractivity contribution in [2.24, 2.45) is 0 Å². The Kier molecular flexibility index (Phi) is 5.56. The molecule has 2 rings (SSSR count). The molecule has 0 radical (unpaired) electrons. The first-order valence-electron chi connectivity index (χ1n) is 7.70. The highest BCUT2D eigenvalue weighted by molar-refractivity contribution is 5.77. The van der Waals surface area contributed by atoms with Crippen molar-refractivity contribution in [2.45, 2.75) is 57.6 Å².